The van der Waals surface area contributed by atoms with Gasteiger partial charge in [-0.25, -0.2) is 4.79 Å². The average molecular weight is 232 g/mol. The average Bonchev–Trinajstić information content (AvgIpc) is 2.28. The van der Waals surface area contributed by atoms with Gasteiger partial charge in [0.2, 0.25) is 0 Å². The molecule has 0 saturated carbocycles. The van der Waals surface area contributed by atoms with Gasteiger partial charge in [0.25, 0.3) is 0 Å². The lowest BCUT2D eigenvalue weighted by molar-refractivity contribution is 0.0523. The molecule has 88 valence electrons. The molecular weight excluding hydrogens is 219 g/mol. The summed E-state index contributed by atoms with van der Waals surface area (Å²) in [6, 6.07) is 3.67. The SMILES string of the molecule is CCOC(=O)c1c(C)ccc2c1OB(O)C=C2. The lowest BCUT2D eigenvalue weighted by Gasteiger charge is -2.19. The predicted octanol–water partition coefficient (Wildman–Crippen LogP) is 1.60. The molecule has 5 heteroatoms. The molecule has 2 rings (SSSR count). The maximum Gasteiger partial charge on any atom is 0.552 e. The molecule has 0 spiro atoms. The second kappa shape index (κ2) is 4.63. The van der Waals surface area contributed by atoms with Crippen LogP contribution in [0.25, 0.3) is 6.08 Å². The third-order valence-electron chi connectivity index (χ3n) is 2.56. The van der Waals surface area contributed by atoms with Gasteiger partial charge in [0.1, 0.15) is 11.3 Å². The topological polar surface area (TPSA) is 55.8 Å². The van der Waals surface area contributed by atoms with Crippen LogP contribution >= 0.6 is 0 Å². The fourth-order valence-corrected chi connectivity index (χ4v) is 1.76. The van der Waals surface area contributed by atoms with E-state index in [1.54, 1.807) is 19.9 Å². The normalized spacial score (nSPS) is 13.0. The van der Waals surface area contributed by atoms with Crippen LogP contribution in [-0.4, -0.2) is 24.7 Å². The standard InChI is InChI=1S/C12H13BO4/c1-3-16-12(14)10-8(2)4-5-9-6-7-13(15)17-11(9)10/h4-7,15H,3H2,1-2H3. The molecule has 0 aromatic heterocycles. The Balaban J connectivity index is 2.51. The molecule has 1 aliphatic heterocycles. The second-order valence-corrected chi connectivity index (χ2v) is 3.76. The molecule has 1 aromatic carbocycles. The predicted molar refractivity (Wildman–Crippen MR) is 64.8 cm³/mol. The third kappa shape index (κ3) is 2.19. The Kier molecular flexibility index (Phi) is 3.20. The molecule has 0 unspecified atom stereocenters. The van der Waals surface area contributed by atoms with Gasteiger partial charge in [-0.2, -0.15) is 0 Å². The zero-order valence-corrected chi connectivity index (χ0v) is 9.77. The minimum atomic E-state index is -1.02. The highest BCUT2D eigenvalue weighted by Crippen LogP contribution is 2.31. The summed E-state index contributed by atoms with van der Waals surface area (Å²) < 4.78 is 10.3. The van der Waals surface area contributed by atoms with E-state index >= 15 is 0 Å². The molecule has 1 aliphatic rings. The van der Waals surface area contributed by atoms with Crippen molar-refractivity contribution in [1.29, 1.82) is 0 Å². The summed E-state index contributed by atoms with van der Waals surface area (Å²) in [7, 11) is -1.02. The molecule has 0 radical (unpaired) electrons. The maximum atomic E-state index is 11.8. The van der Waals surface area contributed by atoms with Gasteiger partial charge in [-0.05, 0) is 25.4 Å². The first kappa shape index (κ1) is 11.7. The quantitative estimate of drug-likeness (QED) is 0.621. The van der Waals surface area contributed by atoms with Gasteiger partial charge in [0, 0.05) is 5.56 Å². The van der Waals surface area contributed by atoms with Gasteiger partial charge in [-0.1, -0.05) is 18.2 Å². The minimum Gasteiger partial charge on any atom is -0.532 e. The second-order valence-electron chi connectivity index (χ2n) is 3.76. The highest BCUT2D eigenvalue weighted by molar-refractivity contribution is 6.51. The number of rotatable bonds is 2. The van der Waals surface area contributed by atoms with Crippen molar-refractivity contribution in [1.82, 2.24) is 0 Å². The number of ether oxygens (including phenoxy) is 1. The highest BCUT2D eigenvalue weighted by Gasteiger charge is 2.25. The van der Waals surface area contributed by atoms with E-state index in [1.807, 2.05) is 12.1 Å². The molecule has 0 aliphatic carbocycles. The van der Waals surface area contributed by atoms with Gasteiger partial charge >= 0.3 is 13.1 Å². The number of carbonyl (C=O) groups excluding carboxylic acids is 1. The Morgan fingerprint density at radius 1 is 1.53 bits per heavy atom. The Labute approximate surface area is 100 Å². The van der Waals surface area contributed by atoms with Crippen LogP contribution in [0.1, 0.15) is 28.4 Å². The molecule has 0 saturated heterocycles. The summed E-state index contributed by atoms with van der Waals surface area (Å²) in [4.78, 5) is 11.8. The van der Waals surface area contributed by atoms with E-state index in [-0.39, 0.29) is 0 Å². The summed E-state index contributed by atoms with van der Waals surface area (Å²) in [5.74, 6) is 1.48. The van der Waals surface area contributed by atoms with Gasteiger partial charge in [-0.3, -0.25) is 0 Å². The Morgan fingerprint density at radius 3 is 3.00 bits per heavy atom. The Hall–Kier alpha value is -1.75. The van der Waals surface area contributed by atoms with E-state index in [9.17, 15) is 9.82 Å². The number of fused-ring (bicyclic) bond motifs is 1. The summed E-state index contributed by atoms with van der Waals surface area (Å²) in [6.45, 7) is 3.86. The lowest BCUT2D eigenvalue weighted by Crippen LogP contribution is -2.24. The lowest BCUT2D eigenvalue weighted by atomic mass is 9.85. The minimum absolute atomic E-state index is 0.306. The van der Waals surface area contributed by atoms with Crippen LogP contribution in [0, 0.1) is 6.92 Å². The number of benzene rings is 1. The van der Waals surface area contributed by atoms with Crippen LogP contribution in [0.4, 0.5) is 0 Å². The fourth-order valence-electron chi connectivity index (χ4n) is 1.76. The van der Waals surface area contributed by atoms with Crippen molar-refractivity contribution in [3.05, 3.63) is 34.8 Å². The van der Waals surface area contributed by atoms with Crippen molar-refractivity contribution in [2.75, 3.05) is 6.61 Å². The number of esters is 1. The van der Waals surface area contributed by atoms with E-state index in [0.717, 1.165) is 11.1 Å². The van der Waals surface area contributed by atoms with Crippen LogP contribution < -0.4 is 4.65 Å². The van der Waals surface area contributed by atoms with Crippen molar-refractivity contribution < 1.29 is 19.2 Å². The zero-order valence-electron chi connectivity index (χ0n) is 9.77. The molecule has 4 nitrogen and oxygen atoms in total. The molecule has 0 fully saturated rings. The van der Waals surface area contributed by atoms with Crippen LogP contribution in [0.2, 0.25) is 0 Å². The summed E-state index contributed by atoms with van der Waals surface area (Å²) in [6.07, 6.45) is 1.73. The first-order chi connectivity index (χ1) is 8.13. The van der Waals surface area contributed by atoms with Gasteiger partial charge in [0.05, 0.1) is 6.61 Å². The van der Waals surface area contributed by atoms with Crippen LogP contribution in [0.15, 0.2) is 18.1 Å². The summed E-state index contributed by atoms with van der Waals surface area (Å²) in [5, 5.41) is 9.42. The molecule has 0 bridgehead atoms. The third-order valence-corrected chi connectivity index (χ3v) is 2.56. The number of aryl methyl sites for hydroxylation is 1. The maximum absolute atomic E-state index is 11.8. The van der Waals surface area contributed by atoms with E-state index in [4.69, 9.17) is 9.39 Å². The molecule has 0 amide bonds. The van der Waals surface area contributed by atoms with Crippen molar-refractivity contribution >= 4 is 19.2 Å². The van der Waals surface area contributed by atoms with Crippen molar-refractivity contribution in [2.45, 2.75) is 13.8 Å². The monoisotopic (exact) mass is 232 g/mol. The highest BCUT2D eigenvalue weighted by atomic mass is 16.5. The van der Waals surface area contributed by atoms with Crippen LogP contribution in [-0.2, 0) is 4.74 Å². The molecule has 17 heavy (non-hydrogen) atoms. The Morgan fingerprint density at radius 2 is 2.29 bits per heavy atom. The van der Waals surface area contributed by atoms with E-state index in [0.29, 0.717) is 17.9 Å². The van der Waals surface area contributed by atoms with E-state index < -0.39 is 13.1 Å². The zero-order chi connectivity index (χ0) is 12.4. The number of carbonyl (C=O) groups is 1. The largest absolute Gasteiger partial charge is 0.552 e. The summed E-state index contributed by atoms with van der Waals surface area (Å²) in [5.41, 5.74) is 1.92. The fraction of sp³-hybridized carbons (Fsp3) is 0.250. The van der Waals surface area contributed by atoms with Gasteiger partial charge in [-0.15, -0.1) is 0 Å². The molecular formula is C12H13BO4. The van der Waals surface area contributed by atoms with E-state index in [1.165, 1.54) is 5.98 Å². The van der Waals surface area contributed by atoms with E-state index in [2.05, 4.69) is 0 Å². The number of hydrogen-bond acceptors (Lipinski definition) is 4. The van der Waals surface area contributed by atoms with Crippen molar-refractivity contribution in [3.8, 4) is 5.75 Å². The molecule has 1 heterocycles. The number of hydrogen-bond donors (Lipinski definition) is 1. The molecule has 1 aromatic rings. The Bertz CT molecular complexity index is 482. The smallest absolute Gasteiger partial charge is 0.532 e. The van der Waals surface area contributed by atoms with Crippen molar-refractivity contribution in [2.24, 2.45) is 0 Å². The van der Waals surface area contributed by atoms with Gasteiger partial charge < -0.3 is 14.4 Å². The van der Waals surface area contributed by atoms with Gasteiger partial charge in [0.15, 0.2) is 0 Å². The van der Waals surface area contributed by atoms with Crippen LogP contribution in [0.3, 0.4) is 0 Å². The molecule has 1 N–H and O–H groups in total. The first-order valence-electron chi connectivity index (χ1n) is 5.47. The van der Waals surface area contributed by atoms with Crippen molar-refractivity contribution in [3.63, 3.8) is 0 Å². The first-order valence-corrected chi connectivity index (χ1v) is 5.47. The molecule has 0 atom stereocenters. The summed E-state index contributed by atoms with van der Waals surface area (Å²) >= 11 is 0. The van der Waals surface area contributed by atoms with Crippen LogP contribution in [0.5, 0.6) is 5.75 Å².